The van der Waals surface area contributed by atoms with Crippen molar-refractivity contribution in [3.05, 3.63) is 28.8 Å². The van der Waals surface area contributed by atoms with E-state index >= 15 is 0 Å². The third kappa shape index (κ3) is 4.66. The number of halogens is 1. The molecule has 1 amide bonds. The molecule has 0 radical (unpaired) electrons. The summed E-state index contributed by atoms with van der Waals surface area (Å²) in [4.78, 5) is 21.8. The number of aliphatic carboxylic acids is 1. The summed E-state index contributed by atoms with van der Waals surface area (Å²) in [5, 5.41) is 11.6. The number of para-hydroxylation sites is 1. The van der Waals surface area contributed by atoms with Gasteiger partial charge in [0.25, 0.3) is 0 Å². The maximum Gasteiger partial charge on any atom is 0.313 e. The summed E-state index contributed by atoms with van der Waals surface area (Å²) in [5.74, 6) is -1.18. The zero-order chi connectivity index (χ0) is 12.8. The monoisotopic (exact) mass is 273 g/mol. The fourth-order valence-electron chi connectivity index (χ4n) is 1.20. The molecular formula is C11H12ClNO3S. The molecule has 0 bridgehead atoms. The first-order valence-electron chi connectivity index (χ1n) is 4.85. The Kier molecular flexibility index (Phi) is 5.31. The first-order chi connectivity index (χ1) is 8.00. The number of carbonyl (C=O) groups is 2. The number of thioether (sulfide) groups is 1. The lowest BCUT2D eigenvalue weighted by atomic mass is 10.2. The van der Waals surface area contributed by atoms with Crippen LogP contribution in [0.1, 0.15) is 5.56 Å². The number of hydrogen-bond donors (Lipinski definition) is 2. The largest absolute Gasteiger partial charge is 0.481 e. The van der Waals surface area contributed by atoms with E-state index < -0.39 is 5.97 Å². The first-order valence-corrected chi connectivity index (χ1v) is 6.38. The molecule has 0 aliphatic rings. The van der Waals surface area contributed by atoms with Gasteiger partial charge in [-0.15, -0.1) is 11.8 Å². The molecule has 0 aliphatic carbocycles. The molecule has 0 heterocycles. The molecule has 0 aromatic heterocycles. The Labute approximate surface area is 108 Å². The molecule has 0 saturated heterocycles. The second kappa shape index (κ2) is 6.51. The van der Waals surface area contributed by atoms with Crippen LogP contribution in [-0.4, -0.2) is 28.5 Å². The van der Waals surface area contributed by atoms with Crippen LogP contribution in [0.3, 0.4) is 0 Å². The van der Waals surface area contributed by atoms with Gasteiger partial charge in [-0.25, -0.2) is 0 Å². The van der Waals surface area contributed by atoms with E-state index in [0.29, 0.717) is 10.7 Å². The molecule has 2 N–H and O–H groups in total. The van der Waals surface area contributed by atoms with Crippen LogP contribution in [-0.2, 0) is 9.59 Å². The number of benzene rings is 1. The zero-order valence-electron chi connectivity index (χ0n) is 9.20. The van der Waals surface area contributed by atoms with Crippen LogP contribution in [0.4, 0.5) is 5.69 Å². The topological polar surface area (TPSA) is 66.4 Å². The average Bonchev–Trinajstić information content (AvgIpc) is 2.23. The molecule has 0 spiro atoms. The SMILES string of the molecule is Cc1cccc(Cl)c1NC(=O)CSCC(=O)O. The lowest BCUT2D eigenvalue weighted by molar-refractivity contribution is -0.133. The van der Waals surface area contributed by atoms with Gasteiger partial charge in [-0.05, 0) is 18.6 Å². The Bertz CT molecular complexity index is 416. The van der Waals surface area contributed by atoms with E-state index in [1.165, 1.54) is 0 Å². The van der Waals surface area contributed by atoms with Crippen LogP contribution in [0.5, 0.6) is 0 Å². The highest BCUT2D eigenvalue weighted by molar-refractivity contribution is 8.00. The third-order valence-corrected chi connectivity index (χ3v) is 3.18. The number of carboxylic acids is 1. The van der Waals surface area contributed by atoms with Crippen molar-refractivity contribution in [1.29, 1.82) is 0 Å². The van der Waals surface area contributed by atoms with E-state index in [4.69, 9.17) is 16.7 Å². The predicted octanol–water partition coefficient (Wildman–Crippen LogP) is 2.40. The Morgan fingerprint density at radius 3 is 2.71 bits per heavy atom. The standard InChI is InChI=1S/C11H12ClNO3S/c1-7-3-2-4-8(12)11(7)13-9(14)5-17-6-10(15)16/h2-4H,5-6H2,1H3,(H,13,14)(H,15,16). The van der Waals surface area contributed by atoms with E-state index in [9.17, 15) is 9.59 Å². The molecule has 0 unspecified atom stereocenters. The lowest BCUT2D eigenvalue weighted by Crippen LogP contribution is -2.16. The molecule has 6 heteroatoms. The zero-order valence-corrected chi connectivity index (χ0v) is 10.8. The van der Waals surface area contributed by atoms with E-state index in [1.54, 1.807) is 12.1 Å². The predicted molar refractivity (Wildman–Crippen MR) is 69.8 cm³/mol. The van der Waals surface area contributed by atoms with Crippen molar-refractivity contribution in [3.8, 4) is 0 Å². The summed E-state index contributed by atoms with van der Waals surface area (Å²) in [6.45, 7) is 1.84. The number of rotatable bonds is 5. The molecule has 0 saturated carbocycles. The van der Waals surface area contributed by atoms with Gasteiger partial charge in [0.2, 0.25) is 5.91 Å². The number of anilines is 1. The fraction of sp³-hybridized carbons (Fsp3) is 0.273. The number of hydrogen-bond acceptors (Lipinski definition) is 3. The van der Waals surface area contributed by atoms with Crippen LogP contribution in [0.15, 0.2) is 18.2 Å². The van der Waals surface area contributed by atoms with Crippen molar-refractivity contribution in [2.45, 2.75) is 6.92 Å². The summed E-state index contributed by atoms with van der Waals surface area (Å²) in [5.41, 5.74) is 1.45. The number of carboxylic acid groups (broad SMARTS) is 1. The Hall–Kier alpha value is -1.20. The highest BCUT2D eigenvalue weighted by atomic mass is 35.5. The van der Waals surface area contributed by atoms with Gasteiger partial charge in [-0.2, -0.15) is 0 Å². The second-order valence-corrected chi connectivity index (χ2v) is 4.76. The number of carbonyl (C=O) groups excluding carboxylic acids is 1. The molecule has 17 heavy (non-hydrogen) atoms. The van der Waals surface area contributed by atoms with Crippen LogP contribution in [0.2, 0.25) is 5.02 Å². The molecular weight excluding hydrogens is 262 g/mol. The van der Waals surface area contributed by atoms with Gasteiger partial charge in [0.1, 0.15) is 0 Å². The van der Waals surface area contributed by atoms with Gasteiger partial charge in [0.05, 0.1) is 22.2 Å². The summed E-state index contributed by atoms with van der Waals surface area (Å²) >= 11 is 6.99. The molecule has 0 aliphatic heterocycles. The summed E-state index contributed by atoms with van der Waals surface area (Å²) in [7, 11) is 0. The van der Waals surface area contributed by atoms with Crippen molar-refractivity contribution in [3.63, 3.8) is 0 Å². The minimum atomic E-state index is -0.934. The van der Waals surface area contributed by atoms with Gasteiger partial charge in [-0.3, -0.25) is 9.59 Å². The van der Waals surface area contributed by atoms with E-state index in [-0.39, 0.29) is 17.4 Å². The maximum atomic E-state index is 11.5. The lowest BCUT2D eigenvalue weighted by Gasteiger charge is -2.09. The van der Waals surface area contributed by atoms with Gasteiger partial charge < -0.3 is 10.4 Å². The van der Waals surface area contributed by atoms with Crippen LogP contribution < -0.4 is 5.32 Å². The van der Waals surface area contributed by atoms with Gasteiger partial charge in [-0.1, -0.05) is 23.7 Å². The summed E-state index contributed by atoms with van der Waals surface area (Å²) in [6.07, 6.45) is 0. The van der Waals surface area contributed by atoms with Crippen LogP contribution in [0, 0.1) is 6.92 Å². The molecule has 0 fully saturated rings. The van der Waals surface area contributed by atoms with Crippen molar-refractivity contribution < 1.29 is 14.7 Å². The first kappa shape index (κ1) is 13.9. The number of nitrogens with one attached hydrogen (secondary N) is 1. The van der Waals surface area contributed by atoms with Crippen LogP contribution >= 0.6 is 23.4 Å². The van der Waals surface area contributed by atoms with E-state index in [1.807, 2.05) is 13.0 Å². The number of aryl methyl sites for hydroxylation is 1. The smallest absolute Gasteiger partial charge is 0.313 e. The highest BCUT2D eigenvalue weighted by Crippen LogP contribution is 2.25. The summed E-state index contributed by atoms with van der Waals surface area (Å²) in [6, 6.07) is 5.33. The van der Waals surface area contributed by atoms with Crippen molar-refractivity contribution in [2.75, 3.05) is 16.8 Å². The van der Waals surface area contributed by atoms with E-state index in [0.717, 1.165) is 17.3 Å². The Morgan fingerprint density at radius 1 is 1.41 bits per heavy atom. The maximum absolute atomic E-state index is 11.5. The quantitative estimate of drug-likeness (QED) is 0.865. The average molecular weight is 274 g/mol. The third-order valence-electron chi connectivity index (χ3n) is 1.95. The van der Waals surface area contributed by atoms with Gasteiger partial charge in [0, 0.05) is 0 Å². The highest BCUT2D eigenvalue weighted by Gasteiger charge is 2.09. The minimum Gasteiger partial charge on any atom is -0.481 e. The van der Waals surface area contributed by atoms with Crippen LogP contribution in [0.25, 0.3) is 0 Å². The Balaban J connectivity index is 2.53. The van der Waals surface area contributed by atoms with Crippen molar-refractivity contribution in [1.82, 2.24) is 0 Å². The van der Waals surface area contributed by atoms with Gasteiger partial charge in [0.15, 0.2) is 0 Å². The Morgan fingerprint density at radius 2 is 2.12 bits per heavy atom. The van der Waals surface area contributed by atoms with Gasteiger partial charge >= 0.3 is 5.97 Å². The molecule has 92 valence electrons. The minimum absolute atomic E-state index is 0.0884. The summed E-state index contributed by atoms with van der Waals surface area (Å²) < 4.78 is 0. The molecule has 4 nitrogen and oxygen atoms in total. The number of amides is 1. The fourth-order valence-corrected chi connectivity index (χ4v) is 2.00. The molecule has 1 aromatic rings. The molecule has 0 atom stereocenters. The van der Waals surface area contributed by atoms with E-state index in [2.05, 4.69) is 5.32 Å². The van der Waals surface area contributed by atoms with Crippen molar-refractivity contribution in [2.24, 2.45) is 0 Å². The normalized spacial score (nSPS) is 10.0. The van der Waals surface area contributed by atoms with Crippen molar-refractivity contribution >= 4 is 40.9 Å². The molecule has 1 aromatic carbocycles. The second-order valence-electron chi connectivity index (χ2n) is 3.37. The molecule has 1 rings (SSSR count).